The fourth-order valence-electron chi connectivity index (χ4n) is 2.72. The molecule has 0 saturated heterocycles. The first-order valence-corrected chi connectivity index (χ1v) is 9.32. The molecule has 2 aromatic carbocycles. The highest BCUT2D eigenvalue weighted by atomic mass is 32.1. The van der Waals surface area contributed by atoms with Gasteiger partial charge in [0, 0.05) is 11.4 Å². The van der Waals surface area contributed by atoms with Crippen LogP contribution in [0.1, 0.15) is 22.0 Å². The van der Waals surface area contributed by atoms with Crippen molar-refractivity contribution >= 4 is 11.3 Å². The lowest BCUT2D eigenvalue weighted by Gasteiger charge is -2.22. The fraction of sp³-hybridized carbons (Fsp3) is 0.238. The average Bonchev–Trinajstić information content (AvgIpc) is 3.17. The van der Waals surface area contributed by atoms with Crippen molar-refractivity contribution in [1.82, 2.24) is 5.32 Å². The molecular formula is C21H23NO2S. The van der Waals surface area contributed by atoms with Gasteiger partial charge in [0.15, 0.2) is 0 Å². The average molecular weight is 353 g/mol. The zero-order valence-electron chi connectivity index (χ0n) is 14.0. The van der Waals surface area contributed by atoms with Crippen LogP contribution in [-0.2, 0) is 11.3 Å². The second-order valence-corrected chi connectivity index (χ2v) is 6.94. The number of nitrogens with one attached hydrogen (secondary N) is 1. The van der Waals surface area contributed by atoms with E-state index in [0.29, 0.717) is 19.8 Å². The molecule has 0 bridgehead atoms. The van der Waals surface area contributed by atoms with Gasteiger partial charge in [0.05, 0.1) is 25.4 Å². The van der Waals surface area contributed by atoms with Gasteiger partial charge in [0.25, 0.3) is 0 Å². The lowest BCUT2D eigenvalue weighted by molar-refractivity contribution is 0.0291. The molecule has 3 rings (SSSR count). The van der Waals surface area contributed by atoms with Crippen molar-refractivity contribution in [2.24, 2.45) is 0 Å². The van der Waals surface area contributed by atoms with Crippen LogP contribution in [0.25, 0.3) is 0 Å². The lowest BCUT2D eigenvalue weighted by atomic mass is 9.98. The standard InChI is InChI=1S/C21H23NO2S/c23-19(15-24-16-20-12-7-13-25-20)14-22-21(17-8-3-1-4-9-17)18-10-5-2-6-11-18/h1-13,19,21-23H,14-16H2. The molecule has 25 heavy (non-hydrogen) atoms. The molecule has 0 amide bonds. The molecule has 0 fully saturated rings. The molecule has 0 spiro atoms. The first-order valence-electron chi connectivity index (χ1n) is 8.44. The van der Waals surface area contributed by atoms with Crippen LogP contribution in [-0.4, -0.2) is 24.4 Å². The molecule has 0 aliphatic rings. The molecule has 0 aliphatic carbocycles. The van der Waals surface area contributed by atoms with E-state index in [1.54, 1.807) is 11.3 Å². The number of rotatable bonds is 9. The minimum absolute atomic E-state index is 0.0503. The third-order valence-corrected chi connectivity index (χ3v) is 4.81. The second-order valence-electron chi connectivity index (χ2n) is 5.91. The van der Waals surface area contributed by atoms with E-state index in [1.807, 2.05) is 53.9 Å². The predicted octanol–water partition coefficient (Wildman–Crippen LogP) is 4.00. The van der Waals surface area contributed by atoms with Gasteiger partial charge in [-0.15, -0.1) is 11.3 Å². The summed E-state index contributed by atoms with van der Waals surface area (Å²) in [4.78, 5) is 1.17. The van der Waals surface area contributed by atoms with Crippen molar-refractivity contribution in [3.8, 4) is 0 Å². The molecule has 130 valence electrons. The normalized spacial score (nSPS) is 12.4. The van der Waals surface area contributed by atoms with Crippen LogP contribution in [0.2, 0.25) is 0 Å². The summed E-state index contributed by atoms with van der Waals surface area (Å²) in [5.74, 6) is 0. The molecule has 3 nitrogen and oxygen atoms in total. The Kier molecular flexibility index (Phi) is 6.77. The van der Waals surface area contributed by atoms with Gasteiger partial charge in [0.1, 0.15) is 0 Å². The molecule has 0 saturated carbocycles. The van der Waals surface area contributed by atoms with Crippen LogP contribution in [0.5, 0.6) is 0 Å². The van der Waals surface area contributed by atoms with E-state index < -0.39 is 6.10 Å². The quantitative estimate of drug-likeness (QED) is 0.611. The second kappa shape index (κ2) is 9.49. The van der Waals surface area contributed by atoms with E-state index >= 15 is 0 Å². The molecule has 1 atom stereocenters. The molecule has 1 heterocycles. The van der Waals surface area contributed by atoms with Crippen LogP contribution < -0.4 is 5.32 Å². The summed E-state index contributed by atoms with van der Waals surface area (Å²) >= 11 is 1.67. The van der Waals surface area contributed by atoms with E-state index in [9.17, 15) is 5.11 Å². The number of aliphatic hydroxyl groups is 1. The van der Waals surface area contributed by atoms with Gasteiger partial charge >= 0.3 is 0 Å². The van der Waals surface area contributed by atoms with Gasteiger partial charge in [-0.1, -0.05) is 66.7 Å². The lowest BCUT2D eigenvalue weighted by Crippen LogP contribution is -2.33. The number of hydrogen-bond donors (Lipinski definition) is 2. The maximum absolute atomic E-state index is 10.2. The van der Waals surface area contributed by atoms with E-state index in [-0.39, 0.29) is 6.04 Å². The van der Waals surface area contributed by atoms with Crippen LogP contribution in [0.4, 0.5) is 0 Å². The van der Waals surface area contributed by atoms with E-state index in [0.717, 1.165) is 0 Å². The SMILES string of the molecule is OC(CNC(c1ccccc1)c1ccccc1)COCc1cccs1. The summed E-state index contributed by atoms with van der Waals surface area (Å²) in [6.45, 7) is 1.34. The molecule has 3 aromatic rings. The summed E-state index contributed by atoms with van der Waals surface area (Å²) in [5, 5.41) is 15.7. The Labute approximate surface area is 152 Å². The van der Waals surface area contributed by atoms with Crippen LogP contribution >= 0.6 is 11.3 Å². The number of aliphatic hydroxyl groups excluding tert-OH is 1. The van der Waals surface area contributed by atoms with Crippen molar-refractivity contribution < 1.29 is 9.84 Å². The highest BCUT2D eigenvalue weighted by molar-refractivity contribution is 7.09. The third kappa shape index (κ3) is 5.51. The predicted molar refractivity (Wildman–Crippen MR) is 103 cm³/mol. The van der Waals surface area contributed by atoms with Crippen LogP contribution in [0.3, 0.4) is 0 Å². The zero-order valence-corrected chi connectivity index (χ0v) is 14.9. The summed E-state index contributed by atoms with van der Waals surface area (Å²) in [6, 6.07) is 24.7. The number of thiophene rings is 1. The van der Waals surface area contributed by atoms with Gasteiger partial charge in [-0.05, 0) is 22.6 Å². The molecule has 1 aromatic heterocycles. The maximum atomic E-state index is 10.2. The summed E-state index contributed by atoms with van der Waals surface area (Å²) in [7, 11) is 0. The summed E-state index contributed by atoms with van der Waals surface area (Å²) < 4.78 is 5.60. The Balaban J connectivity index is 1.55. The zero-order chi connectivity index (χ0) is 17.3. The Bertz CT molecular complexity index is 677. The highest BCUT2D eigenvalue weighted by Crippen LogP contribution is 2.21. The highest BCUT2D eigenvalue weighted by Gasteiger charge is 2.15. The van der Waals surface area contributed by atoms with E-state index in [2.05, 4.69) is 29.6 Å². The van der Waals surface area contributed by atoms with Crippen molar-refractivity contribution in [3.05, 3.63) is 94.2 Å². The minimum Gasteiger partial charge on any atom is -0.389 e. The van der Waals surface area contributed by atoms with Gasteiger partial charge in [0.2, 0.25) is 0 Å². The first-order chi connectivity index (χ1) is 12.3. The number of hydrogen-bond acceptors (Lipinski definition) is 4. The Morgan fingerprint density at radius 3 is 2.08 bits per heavy atom. The Morgan fingerprint density at radius 2 is 1.52 bits per heavy atom. The Hall–Kier alpha value is -1.98. The third-order valence-electron chi connectivity index (χ3n) is 3.96. The fourth-order valence-corrected chi connectivity index (χ4v) is 3.36. The van der Waals surface area contributed by atoms with Gasteiger partial charge in [-0.3, -0.25) is 0 Å². The van der Waals surface area contributed by atoms with Crippen LogP contribution in [0, 0.1) is 0 Å². The topological polar surface area (TPSA) is 41.5 Å². The largest absolute Gasteiger partial charge is 0.389 e. The molecule has 4 heteroatoms. The summed E-state index contributed by atoms with van der Waals surface area (Å²) in [5.41, 5.74) is 2.36. The van der Waals surface area contributed by atoms with E-state index in [4.69, 9.17) is 4.74 Å². The molecule has 1 unspecified atom stereocenters. The van der Waals surface area contributed by atoms with Crippen molar-refractivity contribution in [3.63, 3.8) is 0 Å². The summed E-state index contributed by atoms with van der Waals surface area (Å²) in [6.07, 6.45) is -0.546. The first kappa shape index (κ1) is 17.8. The smallest absolute Gasteiger partial charge is 0.0898 e. The van der Waals surface area contributed by atoms with Crippen LogP contribution in [0.15, 0.2) is 78.2 Å². The molecule has 2 N–H and O–H groups in total. The van der Waals surface area contributed by atoms with Crippen molar-refractivity contribution in [2.45, 2.75) is 18.8 Å². The van der Waals surface area contributed by atoms with Gasteiger partial charge < -0.3 is 15.2 Å². The molecule has 0 radical (unpaired) electrons. The van der Waals surface area contributed by atoms with E-state index in [1.165, 1.54) is 16.0 Å². The minimum atomic E-state index is -0.546. The van der Waals surface area contributed by atoms with Crippen molar-refractivity contribution in [1.29, 1.82) is 0 Å². The molecule has 0 aliphatic heterocycles. The number of benzene rings is 2. The number of ether oxygens (including phenoxy) is 1. The maximum Gasteiger partial charge on any atom is 0.0898 e. The Morgan fingerprint density at radius 1 is 0.880 bits per heavy atom. The molecular weight excluding hydrogens is 330 g/mol. The monoisotopic (exact) mass is 353 g/mol. The van der Waals surface area contributed by atoms with Gasteiger partial charge in [-0.25, -0.2) is 0 Å². The van der Waals surface area contributed by atoms with Gasteiger partial charge in [-0.2, -0.15) is 0 Å². The van der Waals surface area contributed by atoms with Crippen molar-refractivity contribution in [2.75, 3.05) is 13.2 Å².